The lowest BCUT2D eigenvalue weighted by atomic mass is 9.90. The first-order valence-electron chi connectivity index (χ1n) is 10.0. The van der Waals surface area contributed by atoms with Gasteiger partial charge in [-0.1, -0.05) is 57.9 Å². The van der Waals surface area contributed by atoms with Crippen LogP contribution in [0.25, 0.3) is 11.8 Å². The Kier molecular flexibility index (Phi) is 6.95. The lowest BCUT2D eigenvalue weighted by Crippen LogP contribution is -2.33. The third kappa shape index (κ3) is 3.94. The van der Waals surface area contributed by atoms with Crippen LogP contribution in [-0.4, -0.2) is 25.0 Å². The van der Waals surface area contributed by atoms with E-state index in [1.165, 1.54) is 22.5 Å². The summed E-state index contributed by atoms with van der Waals surface area (Å²) in [6, 6.07) is 4.45. The molecule has 150 valence electrons. The maximum Gasteiger partial charge on any atom is 0.0918 e. The van der Waals surface area contributed by atoms with Crippen molar-refractivity contribution in [2.45, 2.75) is 40.2 Å². The van der Waals surface area contributed by atoms with E-state index in [0.717, 1.165) is 23.2 Å². The molecule has 0 bridgehead atoms. The molecule has 2 atom stereocenters. The van der Waals surface area contributed by atoms with Crippen LogP contribution in [0.2, 0.25) is 0 Å². The van der Waals surface area contributed by atoms with Crippen LogP contribution < -0.4 is 10.2 Å². The van der Waals surface area contributed by atoms with E-state index < -0.39 is 0 Å². The van der Waals surface area contributed by atoms with Crippen LogP contribution in [0.3, 0.4) is 0 Å². The van der Waals surface area contributed by atoms with Crippen LogP contribution in [0.5, 0.6) is 0 Å². The van der Waals surface area contributed by atoms with Crippen molar-refractivity contribution in [2.75, 3.05) is 19.0 Å². The smallest absolute Gasteiger partial charge is 0.0918 e. The van der Waals surface area contributed by atoms with E-state index in [-0.39, 0.29) is 6.04 Å². The van der Waals surface area contributed by atoms with Gasteiger partial charge in [-0.25, -0.2) is 0 Å². The second kappa shape index (κ2) is 9.01. The average molecular weight is 378 g/mol. The molecular formula is C25H35N3. The molecule has 3 heteroatoms. The molecule has 1 N–H and O–H groups in total. The Labute approximate surface area is 171 Å². The zero-order valence-electron chi connectivity index (χ0n) is 18.3. The highest BCUT2D eigenvalue weighted by Crippen LogP contribution is 2.43. The number of hydrogen-bond acceptors (Lipinski definition) is 3. The first kappa shape index (κ1) is 21.6. The Morgan fingerprint density at radius 3 is 2.50 bits per heavy atom. The van der Waals surface area contributed by atoms with Gasteiger partial charge in [-0.05, 0) is 43.5 Å². The van der Waals surface area contributed by atoms with Crippen molar-refractivity contribution in [2.24, 2.45) is 5.92 Å². The van der Waals surface area contributed by atoms with Gasteiger partial charge in [0.1, 0.15) is 0 Å². The summed E-state index contributed by atoms with van der Waals surface area (Å²) in [5.74, 6) is 0.510. The van der Waals surface area contributed by atoms with Gasteiger partial charge in [-0.3, -0.25) is 0 Å². The molecule has 0 amide bonds. The molecule has 0 radical (unpaired) electrons. The van der Waals surface area contributed by atoms with Gasteiger partial charge in [0, 0.05) is 37.1 Å². The fourth-order valence-corrected chi connectivity index (χ4v) is 3.81. The molecule has 0 spiro atoms. The molecule has 0 fully saturated rings. The summed E-state index contributed by atoms with van der Waals surface area (Å²) in [6.07, 6.45) is 9.45. The number of nitrogens with one attached hydrogen (secondary N) is 1. The molecule has 0 aromatic heterocycles. The molecular weight excluding hydrogens is 342 g/mol. The summed E-state index contributed by atoms with van der Waals surface area (Å²) in [4.78, 5) is 4.50. The number of anilines is 1. The molecule has 0 saturated heterocycles. The van der Waals surface area contributed by atoms with Crippen molar-refractivity contribution in [1.29, 1.82) is 0 Å². The van der Waals surface area contributed by atoms with Crippen LogP contribution in [0.1, 0.15) is 43.9 Å². The van der Waals surface area contributed by atoms with Gasteiger partial charge >= 0.3 is 0 Å². The highest BCUT2D eigenvalue weighted by Gasteiger charge is 2.37. The number of rotatable bonds is 10. The van der Waals surface area contributed by atoms with E-state index in [9.17, 15) is 0 Å². The molecule has 1 aromatic carbocycles. The standard InChI is InChI=1S/C25H35N3/c1-10-17(5)20(11-2)25(27(9)13-4)23-16-28(23)24-18(6)14-15-22(19(7)26-8)21(24)12-3/h11-17,25-26H,3-4,7,10H2,1-2,5-6,8-9H3/b20-11-. The fourth-order valence-electron chi connectivity index (χ4n) is 3.81. The van der Waals surface area contributed by atoms with Crippen LogP contribution >= 0.6 is 0 Å². The number of hydrogen-bond donors (Lipinski definition) is 1. The molecule has 1 aliphatic heterocycles. The average Bonchev–Trinajstić information content (AvgIpc) is 3.49. The SMILES string of the molecule is C=Cc1c(C(=C)NC)ccc(C)c1N1C=C1C(/C(=C\C)C(C)CC)N(C)C=C. The zero-order valence-corrected chi connectivity index (χ0v) is 18.3. The van der Waals surface area contributed by atoms with Crippen molar-refractivity contribution in [3.63, 3.8) is 0 Å². The molecule has 2 rings (SSSR count). The monoisotopic (exact) mass is 377 g/mol. The first-order valence-corrected chi connectivity index (χ1v) is 10.0. The fraction of sp³-hybridized carbons (Fsp3) is 0.360. The van der Waals surface area contributed by atoms with E-state index in [4.69, 9.17) is 0 Å². The highest BCUT2D eigenvalue weighted by molar-refractivity contribution is 5.86. The lowest BCUT2D eigenvalue weighted by molar-refractivity contribution is 0.387. The van der Waals surface area contributed by atoms with E-state index in [1.807, 2.05) is 19.3 Å². The molecule has 28 heavy (non-hydrogen) atoms. The predicted molar refractivity (Wildman–Crippen MR) is 125 cm³/mol. The lowest BCUT2D eigenvalue weighted by Gasteiger charge is -2.31. The van der Waals surface area contributed by atoms with Crippen LogP contribution in [0.15, 0.2) is 61.6 Å². The summed E-state index contributed by atoms with van der Waals surface area (Å²) < 4.78 is 0. The number of benzene rings is 1. The second-order valence-electron chi connectivity index (χ2n) is 7.40. The topological polar surface area (TPSA) is 18.3 Å². The molecule has 2 unspecified atom stereocenters. The number of aryl methyl sites for hydroxylation is 1. The highest BCUT2D eigenvalue weighted by atomic mass is 15.3. The van der Waals surface area contributed by atoms with Gasteiger partial charge < -0.3 is 15.1 Å². The van der Waals surface area contributed by atoms with Crippen LogP contribution in [0.4, 0.5) is 5.69 Å². The third-order valence-corrected chi connectivity index (χ3v) is 5.77. The third-order valence-electron chi connectivity index (χ3n) is 5.77. The maximum absolute atomic E-state index is 4.15. The summed E-state index contributed by atoms with van der Waals surface area (Å²) in [5, 5.41) is 3.16. The van der Waals surface area contributed by atoms with Crippen LogP contribution in [-0.2, 0) is 0 Å². The first-order chi connectivity index (χ1) is 13.4. The second-order valence-corrected chi connectivity index (χ2v) is 7.40. The van der Waals surface area contributed by atoms with Crippen molar-refractivity contribution in [3.05, 3.63) is 78.3 Å². The Hall–Kier alpha value is -2.68. The van der Waals surface area contributed by atoms with Gasteiger partial charge in [0.15, 0.2) is 0 Å². The van der Waals surface area contributed by atoms with E-state index in [1.54, 1.807) is 0 Å². The molecule has 0 aliphatic carbocycles. The Morgan fingerprint density at radius 1 is 1.32 bits per heavy atom. The predicted octanol–water partition coefficient (Wildman–Crippen LogP) is 5.93. The van der Waals surface area contributed by atoms with Gasteiger partial charge in [0.05, 0.1) is 17.4 Å². The molecule has 0 saturated carbocycles. The Bertz CT molecular complexity index is 828. The van der Waals surface area contributed by atoms with Crippen molar-refractivity contribution < 1.29 is 0 Å². The van der Waals surface area contributed by atoms with Gasteiger partial charge in [0.25, 0.3) is 0 Å². The normalized spacial score (nSPS) is 15.4. The zero-order chi connectivity index (χ0) is 21.0. The minimum atomic E-state index is 0.186. The van der Waals surface area contributed by atoms with Crippen molar-refractivity contribution >= 4 is 17.5 Å². The van der Waals surface area contributed by atoms with Gasteiger partial charge in [0.2, 0.25) is 0 Å². The minimum Gasteiger partial charge on any atom is -0.388 e. The number of allylic oxidation sites excluding steroid dienone is 1. The van der Waals surface area contributed by atoms with Crippen molar-refractivity contribution in [1.82, 2.24) is 10.2 Å². The van der Waals surface area contributed by atoms with E-state index in [0.29, 0.717) is 5.92 Å². The minimum absolute atomic E-state index is 0.186. The quantitative estimate of drug-likeness (QED) is 0.510. The Morgan fingerprint density at radius 2 is 2.00 bits per heavy atom. The molecule has 1 heterocycles. The number of likely N-dealkylation sites (N-methyl/N-ethyl adjacent to an activating group) is 1. The van der Waals surface area contributed by atoms with E-state index >= 15 is 0 Å². The summed E-state index contributed by atoms with van der Waals surface area (Å²) >= 11 is 0. The Balaban J connectivity index is 2.49. The summed E-state index contributed by atoms with van der Waals surface area (Å²) in [7, 11) is 4.00. The van der Waals surface area contributed by atoms with Gasteiger partial charge in [-0.2, -0.15) is 0 Å². The van der Waals surface area contributed by atoms with E-state index in [2.05, 4.69) is 94.0 Å². The largest absolute Gasteiger partial charge is 0.388 e. The molecule has 3 nitrogen and oxygen atoms in total. The molecule has 1 aromatic rings. The summed E-state index contributed by atoms with van der Waals surface area (Å²) in [5.41, 5.74) is 8.20. The summed E-state index contributed by atoms with van der Waals surface area (Å²) in [6.45, 7) is 21.1. The van der Waals surface area contributed by atoms with Crippen molar-refractivity contribution in [3.8, 4) is 0 Å². The molecule has 1 aliphatic rings. The van der Waals surface area contributed by atoms with Crippen LogP contribution in [0, 0.1) is 12.8 Å². The maximum atomic E-state index is 4.15. The number of nitrogens with zero attached hydrogens (tertiary/aromatic N) is 2. The van der Waals surface area contributed by atoms with Gasteiger partial charge in [-0.15, -0.1) is 0 Å².